The van der Waals surface area contributed by atoms with Crippen molar-refractivity contribution < 1.29 is 14.3 Å². The molecule has 0 saturated carbocycles. The summed E-state index contributed by atoms with van der Waals surface area (Å²) in [7, 11) is 0. The summed E-state index contributed by atoms with van der Waals surface area (Å²) in [5.41, 5.74) is 0.574. The van der Waals surface area contributed by atoms with Gasteiger partial charge in [0.1, 0.15) is 11.6 Å². The van der Waals surface area contributed by atoms with Crippen molar-refractivity contribution in [2.75, 3.05) is 6.61 Å². The summed E-state index contributed by atoms with van der Waals surface area (Å²) in [5.74, 6) is 0.413. The highest BCUT2D eigenvalue weighted by atomic mass is 79.9. The van der Waals surface area contributed by atoms with Gasteiger partial charge in [-0.3, -0.25) is 4.79 Å². The van der Waals surface area contributed by atoms with Crippen LogP contribution in [0.2, 0.25) is 5.02 Å². The lowest BCUT2D eigenvalue weighted by atomic mass is 9.95. The van der Waals surface area contributed by atoms with Gasteiger partial charge in [0.25, 0.3) is 5.56 Å². The highest BCUT2D eigenvalue weighted by Crippen LogP contribution is 2.27. The van der Waals surface area contributed by atoms with Crippen LogP contribution in [-0.2, 0) is 14.9 Å². The molecular formula is C24H25BrClN3O4. The molecule has 9 heteroatoms. The molecule has 0 amide bonds. The van der Waals surface area contributed by atoms with Gasteiger partial charge in [0.05, 0.1) is 28.7 Å². The quantitative estimate of drug-likeness (QED) is 0.316. The Morgan fingerprint density at radius 3 is 2.64 bits per heavy atom. The van der Waals surface area contributed by atoms with Gasteiger partial charge in [-0.05, 0) is 55.8 Å². The minimum atomic E-state index is -0.794. The molecular weight excluding hydrogens is 510 g/mol. The molecule has 0 fully saturated rings. The molecule has 0 radical (unpaired) electrons. The first-order valence-corrected chi connectivity index (χ1v) is 11.6. The van der Waals surface area contributed by atoms with Crippen LogP contribution in [0.25, 0.3) is 10.9 Å². The summed E-state index contributed by atoms with van der Waals surface area (Å²) in [6.45, 7) is 9.50. The number of hydrogen-bond donors (Lipinski definition) is 0. The molecule has 1 heterocycles. The maximum Gasteiger partial charge on any atom is 0.347 e. The third-order valence-corrected chi connectivity index (χ3v) is 5.47. The minimum Gasteiger partial charge on any atom is -0.477 e. The van der Waals surface area contributed by atoms with Gasteiger partial charge in [0.2, 0.25) is 0 Å². The van der Waals surface area contributed by atoms with E-state index in [9.17, 15) is 9.59 Å². The van der Waals surface area contributed by atoms with E-state index in [-0.39, 0.29) is 12.2 Å². The second-order valence-corrected chi connectivity index (χ2v) is 9.73. The highest BCUT2D eigenvalue weighted by molar-refractivity contribution is 9.10. The number of benzene rings is 2. The molecule has 1 atom stereocenters. The predicted octanol–water partition coefficient (Wildman–Crippen LogP) is 5.32. The molecule has 0 aliphatic carbocycles. The Morgan fingerprint density at radius 1 is 1.27 bits per heavy atom. The van der Waals surface area contributed by atoms with Crippen molar-refractivity contribution in [2.45, 2.75) is 46.1 Å². The number of nitrogens with zero attached hydrogens (tertiary/aromatic N) is 3. The molecule has 0 saturated heterocycles. The molecule has 0 aliphatic heterocycles. The molecule has 0 bridgehead atoms. The Morgan fingerprint density at radius 2 is 2.00 bits per heavy atom. The molecule has 174 valence electrons. The second-order valence-electron chi connectivity index (χ2n) is 8.41. The first-order chi connectivity index (χ1) is 15.5. The van der Waals surface area contributed by atoms with Gasteiger partial charge in [-0.2, -0.15) is 9.78 Å². The standard InChI is InChI=1S/C24H25BrClN3O4/c1-6-32-22(31)14(2)33-20-10-7-15(11-18(20)26)13-27-29-21(30)17-12-16(25)8-9-19(17)28-23(29)24(3,4)5/h7-14H,6H2,1-5H3/t14-/m0/s1. The molecule has 33 heavy (non-hydrogen) atoms. The van der Waals surface area contributed by atoms with Crippen LogP contribution >= 0.6 is 27.5 Å². The number of halogens is 2. The summed E-state index contributed by atoms with van der Waals surface area (Å²) >= 11 is 9.75. The van der Waals surface area contributed by atoms with Crippen LogP contribution in [0.15, 0.2) is 50.8 Å². The number of rotatable bonds is 6. The fourth-order valence-corrected chi connectivity index (χ4v) is 3.65. The Hall–Kier alpha value is -2.71. The van der Waals surface area contributed by atoms with Crippen LogP contribution in [0.3, 0.4) is 0 Å². The van der Waals surface area contributed by atoms with E-state index in [0.717, 1.165) is 4.47 Å². The van der Waals surface area contributed by atoms with Crippen LogP contribution in [0.5, 0.6) is 5.75 Å². The van der Waals surface area contributed by atoms with Crippen molar-refractivity contribution in [1.29, 1.82) is 0 Å². The van der Waals surface area contributed by atoms with Crippen LogP contribution in [0.1, 0.15) is 46.0 Å². The maximum atomic E-state index is 13.2. The lowest BCUT2D eigenvalue weighted by Gasteiger charge is -2.20. The number of aromatic nitrogens is 2. The molecule has 0 aliphatic rings. The maximum absolute atomic E-state index is 13.2. The van der Waals surface area contributed by atoms with Gasteiger partial charge in [-0.25, -0.2) is 9.78 Å². The number of hydrogen-bond acceptors (Lipinski definition) is 6. The van der Waals surface area contributed by atoms with Crippen LogP contribution in [0, 0.1) is 0 Å². The van der Waals surface area contributed by atoms with E-state index in [1.54, 1.807) is 44.2 Å². The van der Waals surface area contributed by atoms with Gasteiger partial charge in [0.15, 0.2) is 6.10 Å². The second kappa shape index (κ2) is 10.1. The first-order valence-electron chi connectivity index (χ1n) is 10.4. The van der Waals surface area contributed by atoms with Crippen molar-refractivity contribution in [3.05, 3.63) is 67.6 Å². The van der Waals surface area contributed by atoms with Gasteiger partial charge in [-0.15, -0.1) is 0 Å². The van der Waals surface area contributed by atoms with Crippen molar-refractivity contribution >= 4 is 50.6 Å². The summed E-state index contributed by atoms with van der Waals surface area (Å²) < 4.78 is 12.6. The van der Waals surface area contributed by atoms with Crippen molar-refractivity contribution in [1.82, 2.24) is 9.66 Å². The van der Waals surface area contributed by atoms with Gasteiger partial charge in [0, 0.05) is 9.89 Å². The monoisotopic (exact) mass is 533 g/mol. The Kier molecular flexibility index (Phi) is 7.59. The first kappa shape index (κ1) is 24.9. The summed E-state index contributed by atoms with van der Waals surface area (Å²) in [6, 6.07) is 10.4. The van der Waals surface area contributed by atoms with Gasteiger partial charge < -0.3 is 9.47 Å². The zero-order chi connectivity index (χ0) is 24.3. The summed E-state index contributed by atoms with van der Waals surface area (Å²) in [6.07, 6.45) is 0.741. The molecule has 2 aromatic carbocycles. The van der Waals surface area contributed by atoms with Crippen molar-refractivity contribution in [3.63, 3.8) is 0 Å². The SMILES string of the molecule is CCOC(=O)[C@H](C)Oc1ccc(C=Nn2c(C(C)(C)C)nc3ccc(Br)cc3c2=O)cc1Cl. The van der Waals surface area contributed by atoms with E-state index >= 15 is 0 Å². The Bertz CT molecular complexity index is 1280. The third kappa shape index (κ3) is 5.81. The lowest BCUT2D eigenvalue weighted by Crippen LogP contribution is -2.29. The fraction of sp³-hybridized carbons (Fsp3) is 0.333. The zero-order valence-electron chi connectivity index (χ0n) is 19.1. The number of esters is 1. The number of fused-ring (bicyclic) bond motifs is 1. The zero-order valence-corrected chi connectivity index (χ0v) is 21.4. The molecule has 0 N–H and O–H groups in total. The number of carbonyl (C=O) groups excluding carboxylic acids is 1. The van der Waals surface area contributed by atoms with E-state index < -0.39 is 17.5 Å². The highest BCUT2D eigenvalue weighted by Gasteiger charge is 2.23. The predicted molar refractivity (Wildman–Crippen MR) is 134 cm³/mol. The fourth-order valence-electron chi connectivity index (χ4n) is 3.06. The Labute approximate surface area is 205 Å². The topological polar surface area (TPSA) is 82.8 Å². The molecule has 7 nitrogen and oxygen atoms in total. The van der Waals surface area contributed by atoms with Crippen molar-refractivity contribution in [2.24, 2.45) is 5.10 Å². The van der Waals surface area contributed by atoms with E-state index in [4.69, 9.17) is 26.1 Å². The molecule has 0 unspecified atom stereocenters. The molecule has 1 aromatic heterocycles. The van der Waals surface area contributed by atoms with Gasteiger partial charge in [-0.1, -0.05) is 48.3 Å². The molecule has 3 aromatic rings. The van der Waals surface area contributed by atoms with Crippen LogP contribution in [0.4, 0.5) is 0 Å². The van der Waals surface area contributed by atoms with Crippen LogP contribution < -0.4 is 10.3 Å². The average molecular weight is 535 g/mol. The third-order valence-electron chi connectivity index (χ3n) is 4.68. The lowest BCUT2D eigenvalue weighted by molar-refractivity contribution is -0.150. The Balaban J connectivity index is 1.97. The summed E-state index contributed by atoms with van der Waals surface area (Å²) in [4.78, 5) is 29.7. The van der Waals surface area contributed by atoms with Gasteiger partial charge >= 0.3 is 5.97 Å². The average Bonchev–Trinajstić information content (AvgIpc) is 2.74. The van der Waals surface area contributed by atoms with E-state index in [1.807, 2.05) is 26.8 Å². The smallest absolute Gasteiger partial charge is 0.347 e. The van der Waals surface area contributed by atoms with E-state index in [0.29, 0.717) is 33.1 Å². The van der Waals surface area contributed by atoms with Crippen LogP contribution in [-0.4, -0.2) is 34.6 Å². The summed E-state index contributed by atoms with van der Waals surface area (Å²) in [5, 5.41) is 5.20. The molecule has 3 rings (SSSR count). The van der Waals surface area contributed by atoms with E-state index in [2.05, 4.69) is 21.0 Å². The number of carbonyl (C=O) groups is 1. The number of ether oxygens (including phenoxy) is 2. The minimum absolute atomic E-state index is 0.267. The van der Waals surface area contributed by atoms with Crippen molar-refractivity contribution in [3.8, 4) is 5.75 Å². The normalized spacial score (nSPS) is 12.8. The molecule has 0 spiro atoms. The largest absolute Gasteiger partial charge is 0.477 e. The van der Waals surface area contributed by atoms with E-state index in [1.165, 1.54) is 10.9 Å².